The summed E-state index contributed by atoms with van der Waals surface area (Å²) in [5.74, 6) is 1.04. The third-order valence-electron chi connectivity index (χ3n) is 4.05. The molecule has 0 aromatic rings. The Kier molecular flexibility index (Phi) is 9.42. The lowest BCUT2D eigenvalue weighted by Gasteiger charge is -2.34. The van der Waals surface area contributed by atoms with Gasteiger partial charge in [-0.2, -0.15) is 0 Å². The van der Waals surface area contributed by atoms with E-state index in [2.05, 4.69) is 40.9 Å². The predicted molar refractivity (Wildman–Crippen MR) is 90.0 cm³/mol. The molecule has 0 unspecified atom stereocenters. The minimum atomic E-state index is 0.435. The third kappa shape index (κ3) is 6.66. The summed E-state index contributed by atoms with van der Waals surface area (Å²) >= 11 is 0. The van der Waals surface area contributed by atoms with Gasteiger partial charge in [-0.1, -0.05) is 13.8 Å². The Balaban J connectivity index is 2.29. The maximum Gasteiger partial charge on any atom is 0.193 e. The first kappa shape index (κ1) is 18.2. The number of aliphatic imine (C=N–C) groups is 1. The van der Waals surface area contributed by atoms with Crippen molar-refractivity contribution in [2.24, 2.45) is 4.99 Å². The van der Waals surface area contributed by atoms with Crippen LogP contribution in [0.15, 0.2) is 4.99 Å². The van der Waals surface area contributed by atoms with E-state index in [1.54, 1.807) is 0 Å². The second-order valence-electron chi connectivity index (χ2n) is 5.55. The molecule has 124 valence electrons. The summed E-state index contributed by atoms with van der Waals surface area (Å²) in [4.78, 5) is 9.25. The summed E-state index contributed by atoms with van der Waals surface area (Å²) in [6.45, 7) is 13.8. The highest BCUT2D eigenvalue weighted by Gasteiger charge is 2.21. The van der Waals surface area contributed by atoms with E-state index < -0.39 is 0 Å². The topological polar surface area (TPSA) is 40.1 Å². The summed E-state index contributed by atoms with van der Waals surface area (Å²) in [5.41, 5.74) is 0. The van der Waals surface area contributed by atoms with Gasteiger partial charge >= 0.3 is 0 Å². The van der Waals surface area contributed by atoms with Gasteiger partial charge in [-0.05, 0) is 39.3 Å². The van der Waals surface area contributed by atoms with Crippen molar-refractivity contribution < 1.29 is 4.74 Å². The average molecular weight is 298 g/mol. The average Bonchev–Trinajstić information content (AvgIpc) is 2.52. The summed E-state index contributed by atoms with van der Waals surface area (Å²) in [6, 6.07) is 0. The molecule has 1 saturated heterocycles. The van der Waals surface area contributed by atoms with Gasteiger partial charge in [0.15, 0.2) is 5.96 Å². The van der Waals surface area contributed by atoms with Crippen molar-refractivity contribution in [3.8, 4) is 0 Å². The number of ether oxygens (including phenoxy) is 1. The van der Waals surface area contributed by atoms with Crippen molar-refractivity contribution >= 4 is 5.96 Å². The van der Waals surface area contributed by atoms with Crippen LogP contribution in [0.2, 0.25) is 0 Å². The summed E-state index contributed by atoms with van der Waals surface area (Å²) in [6.07, 6.45) is 3.86. The van der Waals surface area contributed by atoms with Gasteiger partial charge in [0.05, 0.1) is 6.10 Å². The van der Waals surface area contributed by atoms with Crippen LogP contribution in [0.3, 0.4) is 0 Å². The Morgan fingerprint density at radius 1 is 1.24 bits per heavy atom. The van der Waals surface area contributed by atoms with Crippen molar-refractivity contribution in [2.45, 2.75) is 46.1 Å². The van der Waals surface area contributed by atoms with Crippen molar-refractivity contribution in [3.05, 3.63) is 0 Å². The van der Waals surface area contributed by atoms with Crippen LogP contribution < -0.4 is 5.32 Å². The predicted octanol–water partition coefficient (Wildman–Crippen LogP) is 1.79. The van der Waals surface area contributed by atoms with Gasteiger partial charge in [0.2, 0.25) is 0 Å². The number of rotatable bonds is 8. The number of likely N-dealkylation sites (tertiary alicyclic amines) is 1. The molecule has 0 spiro atoms. The fourth-order valence-electron chi connectivity index (χ4n) is 2.87. The molecule has 0 radical (unpaired) electrons. The van der Waals surface area contributed by atoms with Crippen molar-refractivity contribution in [1.82, 2.24) is 15.1 Å². The van der Waals surface area contributed by atoms with Crippen LogP contribution in [0.25, 0.3) is 0 Å². The zero-order valence-electron chi connectivity index (χ0n) is 14.4. The van der Waals surface area contributed by atoms with Crippen molar-refractivity contribution in [3.63, 3.8) is 0 Å². The normalized spacial score (nSPS) is 17.6. The second kappa shape index (κ2) is 10.9. The highest BCUT2D eigenvalue weighted by atomic mass is 16.5. The standard InChI is InChI=1S/C16H34N4O/c1-5-11-19(6-2)14-10-18-16(17-4)20-12-8-15(9-13-20)21-7-3/h15H,5-14H2,1-4H3,(H,17,18). The molecule has 0 aromatic carbocycles. The molecular formula is C16H34N4O. The molecule has 21 heavy (non-hydrogen) atoms. The molecule has 1 heterocycles. The zero-order chi connectivity index (χ0) is 15.5. The van der Waals surface area contributed by atoms with Crippen LogP contribution in [0.4, 0.5) is 0 Å². The summed E-state index contributed by atoms with van der Waals surface area (Å²) < 4.78 is 5.70. The number of guanidine groups is 1. The lowest BCUT2D eigenvalue weighted by Crippen LogP contribution is -2.48. The van der Waals surface area contributed by atoms with Gasteiger partial charge < -0.3 is 19.9 Å². The van der Waals surface area contributed by atoms with E-state index in [-0.39, 0.29) is 0 Å². The number of likely N-dealkylation sites (N-methyl/N-ethyl adjacent to an activating group) is 1. The Morgan fingerprint density at radius 2 is 1.95 bits per heavy atom. The van der Waals surface area contributed by atoms with Crippen LogP contribution in [0.1, 0.15) is 40.0 Å². The van der Waals surface area contributed by atoms with E-state index in [1.165, 1.54) is 13.0 Å². The van der Waals surface area contributed by atoms with E-state index in [1.807, 2.05) is 7.05 Å². The molecule has 1 N–H and O–H groups in total. The zero-order valence-corrected chi connectivity index (χ0v) is 14.4. The fraction of sp³-hybridized carbons (Fsp3) is 0.938. The molecule has 5 heteroatoms. The third-order valence-corrected chi connectivity index (χ3v) is 4.05. The molecular weight excluding hydrogens is 264 g/mol. The molecule has 1 aliphatic heterocycles. The Morgan fingerprint density at radius 3 is 2.48 bits per heavy atom. The quantitative estimate of drug-likeness (QED) is 0.548. The lowest BCUT2D eigenvalue weighted by atomic mass is 10.1. The molecule has 0 bridgehead atoms. The number of hydrogen-bond acceptors (Lipinski definition) is 3. The monoisotopic (exact) mass is 298 g/mol. The molecule has 0 aliphatic carbocycles. The maximum atomic E-state index is 5.70. The maximum absolute atomic E-state index is 5.70. The minimum absolute atomic E-state index is 0.435. The summed E-state index contributed by atoms with van der Waals surface area (Å²) in [5, 5.41) is 3.50. The highest BCUT2D eigenvalue weighted by Crippen LogP contribution is 2.13. The van der Waals surface area contributed by atoms with E-state index >= 15 is 0 Å². The van der Waals surface area contributed by atoms with Crippen LogP contribution in [0, 0.1) is 0 Å². The Bertz CT molecular complexity index is 288. The molecule has 0 atom stereocenters. The molecule has 0 aromatic heterocycles. The molecule has 1 rings (SSSR count). The smallest absolute Gasteiger partial charge is 0.193 e. The van der Waals surface area contributed by atoms with Gasteiger partial charge in [-0.15, -0.1) is 0 Å². The van der Waals surface area contributed by atoms with Crippen molar-refractivity contribution in [1.29, 1.82) is 0 Å². The van der Waals surface area contributed by atoms with Crippen molar-refractivity contribution in [2.75, 3.05) is 52.9 Å². The van der Waals surface area contributed by atoms with Gasteiger partial charge in [0.25, 0.3) is 0 Å². The molecule has 0 saturated carbocycles. The van der Waals surface area contributed by atoms with Crippen LogP contribution in [0.5, 0.6) is 0 Å². The SMILES string of the molecule is CCCN(CC)CCNC(=NC)N1CCC(OCC)CC1. The Labute approximate surface area is 130 Å². The van der Waals surface area contributed by atoms with Gasteiger partial charge in [-0.3, -0.25) is 4.99 Å². The molecule has 0 amide bonds. The van der Waals surface area contributed by atoms with Crippen LogP contribution in [-0.2, 0) is 4.74 Å². The number of hydrogen-bond donors (Lipinski definition) is 1. The van der Waals surface area contributed by atoms with Crippen LogP contribution in [-0.4, -0.2) is 74.8 Å². The minimum Gasteiger partial charge on any atom is -0.378 e. The van der Waals surface area contributed by atoms with Gasteiger partial charge in [-0.25, -0.2) is 0 Å². The summed E-state index contributed by atoms with van der Waals surface area (Å²) in [7, 11) is 1.88. The number of nitrogens with one attached hydrogen (secondary N) is 1. The van der Waals surface area contributed by atoms with E-state index in [0.29, 0.717) is 6.10 Å². The highest BCUT2D eigenvalue weighted by molar-refractivity contribution is 5.79. The van der Waals surface area contributed by atoms with Gasteiger partial charge in [0, 0.05) is 39.8 Å². The first-order chi connectivity index (χ1) is 10.2. The van der Waals surface area contributed by atoms with Crippen LogP contribution >= 0.6 is 0 Å². The lowest BCUT2D eigenvalue weighted by molar-refractivity contribution is 0.0263. The van der Waals surface area contributed by atoms with Gasteiger partial charge in [0.1, 0.15) is 0 Å². The fourth-order valence-corrected chi connectivity index (χ4v) is 2.87. The number of nitrogens with zero attached hydrogens (tertiary/aromatic N) is 3. The first-order valence-electron chi connectivity index (χ1n) is 8.54. The molecule has 1 fully saturated rings. The van der Waals surface area contributed by atoms with E-state index in [9.17, 15) is 0 Å². The first-order valence-corrected chi connectivity index (χ1v) is 8.54. The largest absolute Gasteiger partial charge is 0.378 e. The molecule has 5 nitrogen and oxygen atoms in total. The molecule has 1 aliphatic rings. The van der Waals surface area contributed by atoms with E-state index in [0.717, 1.165) is 58.1 Å². The number of piperidine rings is 1. The van der Waals surface area contributed by atoms with E-state index in [4.69, 9.17) is 4.74 Å². The Hall–Kier alpha value is -0.810. The second-order valence-corrected chi connectivity index (χ2v) is 5.55.